The summed E-state index contributed by atoms with van der Waals surface area (Å²) in [6, 6.07) is 0. The van der Waals surface area contributed by atoms with Crippen LogP contribution >= 0.6 is 0 Å². The van der Waals surface area contributed by atoms with Gasteiger partial charge >= 0.3 is 5.97 Å². The van der Waals surface area contributed by atoms with Crippen LogP contribution < -0.4 is 0 Å². The van der Waals surface area contributed by atoms with Gasteiger partial charge in [-0.05, 0) is 86.9 Å². The van der Waals surface area contributed by atoms with Crippen molar-refractivity contribution in [2.45, 2.75) is 97.2 Å². The molecule has 0 amide bonds. The van der Waals surface area contributed by atoms with Crippen molar-refractivity contribution in [1.82, 2.24) is 0 Å². The Morgan fingerprint density at radius 1 is 1.14 bits per heavy atom. The van der Waals surface area contributed by atoms with Crippen LogP contribution in [0.3, 0.4) is 0 Å². The minimum atomic E-state index is -0.719. The molecule has 0 saturated heterocycles. The number of hydrogen-bond donors (Lipinski definition) is 3. The van der Waals surface area contributed by atoms with Gasteiger partial charge in [-0.3, -0.25) is 4.79 Å². The highest BCUT2D eigenvalue weighted by atomic mass is 16.4. The number of aliphatic hydroxyl groups excluding tert-OH is 2. The van der Waals surface area contributed by atoms with E-state index in [0.717, 1.165) is 44.9 Å². The van der Waals surface area contributed by atoms with Gasteiger partial charge in [0.1, 0.15) is 0 Å². The van der Waals surface area contributed by atoms with E-state index in [9.17, 15) is 15.0 Å². The molecule has 0 aromatic rings. The number of carboxylic acids is 1. The van der Waals surface area contributed by atoms with Gasteiger partial charge in [-0.15, -0.1) is 0 Å². The fourth-order valence-electron chi connectivity index (χ4n) is 7.92. The third kappa shape index (κ3) is 2.98. The first-order valence-electron chi connectivity index (χ1n) is 11.5. The summed E-state index contributed by atoms with van der Waals surface area (Å²) in [6.45, 7) is 6.88. The topological polar surface area (TPSA) is 77.8 Å². The predicted octanol–water partition coefficient (Wildman–Crippen LogP) is 4.54. The molecule has 0 aliphatic heterocycles. The van der Waals surface area contributed by atoms with E-state index < -0.39 is 5.97 Å². The second kappa shape index (κ2) is 7.12. The lowest BCUT2D eigenvalue weighted by Crippen LogP contribution is -2.52. The predicted molar refractivity (Wildman–Crippen MR) is 109 cm³/mol. The zero-order chi connectivity index (χ0) is 20.3. The largest absolute Gasteiger partial charge is 0.481 e. The summed E-state index contributed by atoms with van der Waals surface area (Å²) in [7, 11) is 0. The summed E-state index contributed by atoms with van der Waals surface area (Å²) < 4.78 is 0. The maximum Gasteiger partial charge on any atom is 0.303 e. The third-order valence-electron chi connectivity index (χ3n) is 9.65. The molecule has 0 heterocycles. The van der Waals surface area contributed by atoms with Crippen LogP contribution in [0.5, 0.6) is 0 Å². The number of carboxylic acid groups (broad SMARTS) is 1. The van der Waals surface area contributed by atoms with Gasteiger partial charge in [0.05, 0.1) is 12.2 Å². The molecule has 4 rings (SSSR count). The normalized spacial score (nSPS) is 46.5. The maximum atomic E-state index is 11.4. The fraction of sp³-hybridized carbons (Fsp3) is 0.875. The van der Waals surface area contributed by atoms with Crippen molar-refractivity contribution in [3.05, 3.63) is 11.1 Å². The first kappa shape index (κ1) is 20.4. The van der Waals surface area contributed by atoms with E-state index in [1.807, 2.05) is 0 Å². The highest BCUT2D eigenvalue weighted by molar-refractivity contribution is 5.66. The number of aliphatic hydroxyl groups is 2. The van der Waals surface area contributed by atoms with Gasteiger partial charge in [0.2, 0.25) is 0 Å². The van der Waals surface area contributed by atoms with Crippen molar-refractivity contribution in [2.24, 2.45) is 34.5 Å². The van der Waals surface area contributed by atoms with Crippen molar-refractivity contribution in [3.8, 4) is 0 Å². The van der Waals surface area contributed by atoms with Crippen LogP contribution in [0.25, 0.3) is 0 Å². The molecule has 4 aliphatic rings. The van der Waals surface area contributed by atoms with Gasteiger partial charge < -0.3 is 15.3 Å². The van der Waals surface area contributed by atoms with Gasteiger partial charge in [-0.25, -0.2) is 0 Å². The Hall–Kier alpha value is -0.870. The summed E-state index contributed by atoms with van der Waals surface area (Å²) in [6.07, 6.45) is 8.65. The molecule has 0 bridgehead atoms. The molecule has 4 aliphatic carbocycles. The van der Waals surface area contributed by atoms with Crippen LogP contribution in [0.2, 0.25) is 0 Å². The van der Waals surface area contributed by atoms with Crippen LogP contribution in [0, 0.1) is 34.5 Å². The minimum absolute atomic E-state index is 0.142. The van der Waals surface area contributed by atoms with E-state index in [4.69, 9.17) is 5.11 Å². The fourth-order valence-corrected chi connectivity index (χ4v) is 7.92. The highest BCUT2D eigenvalue weighted by Crippen LogP contribution is 2.65. The maximum absolute atomic E-state index is 11.4. The number of hydrogen-bond acceptors (Lipinski definition) is 3. The average Bonchev–Trinajstić information content (AvgIpc) is 3.00. The van der Waals surface area contributed by atoms with E-state index in [0.29, 0.717) is 30.1 Å². The molecule has 0 radical (unpaired) electrons. The molecule has 8 atom stereocenters. The SMILES string of the molecule is C[C@H](CCC(=O)O)[C@@H]1CCC2=C3CC[C@@H]4C[C@H](O)CC[C@]4(C)[C@@H]3C[C@H](O)[C@@]21C. The Morgan fingerprint density at radius 3 is 2.61 bits per heavy atom. The zero-order valence-electron chi connectivity index (χ0n) is 17.8. The summed E-state index contributed by atoms with van der Waals surface area (Å²) in [5.41, 5.74) is 3.20. The lowest BCUT2D eigenvalue weighted by atomic mass is 9.48. The molecule has 0 unspecified atom stereocenters. The Morgan fingerprint density at radius 2 is 1.89 bits per heavy atom. The molecule has 4 nitrogen and oxygen atoms in total. The van der Waals surface area contributed by atoms with Crippen molar-refractivity contribution < 1.29 is 20.1 Å². The molecule has 3 N–H and O–H groups in total. The quantitative estimate of drug-likeness (QED) is 0.616. The molecule has 4 heteroatoms. The van der Waals surface area contributed by atoms with Gasteiger partial charge in [-0.1, -0.05) is 31.9 Å². The van der Waals surface area contributed by atoms with E-state index in [-0.39, 0.29) is 29.5 Å². The van der Waals surface area contributed by atoms with Gasteiger partial charge in [-0.2, -0.15) is 0 Å². The monoisotopic (exact) mass is 390 g/mol. The van der Waals surface area contributed by atoms with Crippen molar-refractivity contribution in [2.75, 3.05) is 0 Å². The Kier molecular flexibility index (Phi) is 5.19. The Labute approximate surface area is 169 Å². The van der Waals surface area contributed by atoms with Crippen LogP contribution in [0.1, 0.15) is 85.0 Å². The lowest BCUT2D eigenvalue weighted by molar-refractivity contribution is -0.137. The summed E-state index contributed by atoms with van der Waals surface area (Å²) in [5.74, 6) is 1.02. The van der Waals surface area contributed by atoms with Gasteiger partial charge in [0.15, 0.2) is 0 Å². The Balaban J connectivity index is 1.64. The molecule has 0 spiro atoms. The smallest absolute Gasteiger partial charge is 0.303 e. The van der Waals surface area contributed by atoms with Crippen LogP contribution in [-0.4, -0.2) is 33.5 Å². The summed E-state index contributed by atoms with van der Waals surface area (Å²) >= 11 is 0. The van der Waals surface area contributed by atoms with Gasteiger partial charge in [0.25, 0.3) is 0 Å². The third-order valence-corrected chi connectivity index (χ3v) is 9.65. The van der Waals surface area contributed by atoms with Crippen LogP contribution in [-0.2, 0) is 4.79 Å². The van der Waals surface area contributed by atoms with E-state index in [1.54, 1.807) is 5.57 Å². The molecule has 0 aromatic carbocycles. The second-order valence-corrected chi connectivity index (χ2v) is 10.8. The zero-order valence-corrected chi connectivity index (χ0v) is 17.8. The first-order chi connectivity index (χ1) is 13.2. The minimum Gasteiger partial charge on any atom is -0.481 e. The molecule has 28 heavy (non-hydrogen) atoms. The number of fused-ring (bicyclic) bond motifs is 4. The van der Waals surface area contributed by atoms with Crippen LogP contribution in [0.15, 0.2) is 11.1 Å². The van der Waals surface area contributed by atoms with E-state index >= 15 is 0 Å². The average molecular weight is 391 g/mol. The summed E-state index contributed by atoms with van der Waals surface area (Å²) in [5, 5.41) is 30.7. The summed E-state index contributed by atoms with van der Waals surface area (Å²) in [4.78, 5) is 11.0. The molecular weight excluding hydrogens is 352 g/mol. The number of aliphatic carboxylic acids is 1. The number of allylic oxidation sites excluding steroid dienone is 1. The van der Waals surface area contributed by atoms with Crippen molar-refractivity contribution >= 4 is 5.97 Å². The number of carbonyl (C=O) groups is 1. The second-order valence-electron chi connectivity index (χ2n) is 10.8. The number of rotatable bonds is 4. The van der Waals surface area contributed by atoms with E-state index in [2.05, 4.69) is 20.8 Å². The molecule has 3 fully saturated rings. The van der Waals surface area contributed by atoms with E-state index in [1.165, 1.54) is 12.0 Å². The molecule has 3 saturated carbocycles. The van der Waals surface area contributed by atoms with Crippen molar-refractivity contribution in [1.29, 1.82) is 0 Å². The molecule has 158 valence electrons. The van der Waals surface area contributed by atoms with Crippen LogP contribution in [0.4, 0.5) is 0 Å². The lowest BCUT2D eigenvalue weighted by Gasteiger charge is -2.58. The molecule has 0 aromatic heterocycles. The highest BCUT2D eigenvalue weighted by Gasteiger charge is 2.58. The Bertz CT molecular complexity index is 670. The molecular formula is C24H38O4. The van der Waals surface area contributed by atoms with Gasteiger partial charge in [0, 0.05) is 11.8 Å². The van der Waals surface area contributed by atoms with Crippen molar-refractivity contribution in [3.63, 3.8) is 0 Å². The first-order valence-corrected chi connectivity index (χ1v) is 11.5. The standard InChI is InChI=1S/C24H38O4/c1-14(4-9-22(27)28)18-7-8-19-17-6-5-15-12-16(25)10-11-23(15,2)20(17)13-21(26)24(18,19)3/h14-16,18,20-21,25-26H,4-13H2,1-3H3,(H,27,28)/t14-,15-,16-,18+,20-,21+,23+,24-/m1/s1.